The summed E-state index contributed by atoms with van der Waals surface area (Å²) in [5, 5.41) is 9.90. The standard InChI is InChI=1S/C13H22O4/c1-8(2)12(14)10-5-6-11(7-10)17-13(15)16-9(3)4/h5-6,8-12,14H,7H2,1-4H3/t10-,11-,12+/m0/s1. The molecule has 0 aromatic carbocycles. The fourth-order valence-electron chi connectivity index (χ4n) is 1.87. The van der Waals surface area contributed by atoms with Gasteiger partial charge in [0.1, 0.15) is 6.10 Å². The lowest BCUT2D eigenvalue weighted by Crippen LogP contribution is -2.26. The van der Waals surface area contributed by atoms with E-state index in [0.717, 1.165) is 0 Å². The van der Waals surface area contributed by atoms with E-state index in [1.54, 1.807) is 13.8 Å². The first kappa shape index (κ1) is 14.0. The minimum absolute atomic E-state index is 0.0619. The third-order valence-electron chi connectivity index (χ3n) is 2.78. The lowest BCUT2D eigenvalue weighted by Gasteiger charge is -2.21. The molecule has 0 bridgehead atoms. The van der Waals surface area contributed by atoms with E-state index in [2.05, 4.69) is 0 Å². The normalized spacial score (nSPS) is 25.4. The summed E-state index contributed by atoms with van der Waals surface area (Å²) >= 11 is 0. The number of carbonyl (C=O) groups excluding carboxylic acids is 1. The summed E-state index contributed by atoms with van der Waals surface area (Å²) in [5.74, 6) is 0.262. The van der Waals surface area contributed by atoms with Crippen molar-refractivity contribution in [2.24, 2.45) is 11.8 Å². The highest BCUT2D eigenvalue weighted by Crippen LogP contribution is 2.27. The zero-order valence-electron chi connectivity index (χ0n) is 10.9. The Morgan fingerprint density at radius 3 is 2.47 bits per heavy atom. The molecule has 17 heavy (non-hydrogen) atoms. The van der Waals surface area contributed by atoms with Crippen LogP contribution in [0.15, 0.2) is 12.2 Å². The molecule has 1 aliphatic rings. The highest BCUT2D eigenvalue weighted by Gasteiger charge is 2.29. The van der Waals surface area contributed by atoms with Gasteiger partial charge >= 0.3 is 6.16 Å². The van der Waals surface area contributed by atoms with Crippen molar-refractivity contribution < 1.29 is 19.4 Å². The molecule has 1 rings (SSSR count). The van der Waals surface area contributed by atoms with Gasteiger partial charge in [-0.15, -0.1) is 0 Å². The van der Waals surface area contributed by atoms with Crippen LogP contribution in [0.1, 0.15) is 34.1 Å². The van der Waals surface area contributed by atoms with Gasteiger partial charge in [-0.2, -0.15) is 0 Å². The Kier molecular flexibility index (Phi) is 5.00. The number of hydrogen-bond donors (Lipinski definition) is 1. The van der Waals surface area contributed by atoms with Crippen molar-refractivity contribution >= 4 is 6.16 Å². The molecule has 0 spiro atoms. The van der Waals surface area contributed by atoms with E-state index in [9.17, 15) is 9.90 Å². The molecule has 0 amide bonds. The van der Waals surface area contributed by atoms with Gasteiger partial charge in [-0.05, 0) is 32.3 Å². The summed E-state index contributed by atoms with van der Waals surface area (Å²) in [6.07, 6.45) is 2.88. The van der Waals surface area contributed by atoms with Gasteiger partial charge in [0.25, 0.3) is 0 Å². The molecule has 1 N–H and O–H groups in total. The third-order valence-corrected chi connectivity index (χ3v) is 2.78. The number of aliphatic hydroxyl groups is 1. The van der Waals surface area contributed by atoms with Crippen molar-refractivity contribution in [3.05, 3.63) is 12.2 Å². The molecule has 1 aliphatic carbocycles. The van der Waals surface area contributed by atoms with Crippen LogP contribution in [0.25, 0.3) is 0 Å². The smallest absolute Gasteiger partial charge is 0.432 e. The lowest BCUT2D eigenvalue weighted by molar-refractivity contribution is 0.00962. The topological polar surface area (TPSA) is 55.8 Å². The van der Waals surface area contributed by atoms with Crippen molar-refractivity contribution in [2.75, 3.05) is 0 Å². The lowest BCUT2D eigenvalue weighted by atomic mass is 9.93. The second-order valence-electron chi connectivity index (χ2n) is 5.09. The van der Waals surface area contributed by atoms with Gasteiger partial charge in [-0.25, -0.2) is 4.79 Å². The fourth-order valence-corrected chi connectivity index (χ4v) is 1.87. The van der Waals surface area contributed by atoms with Gasteiger partial charge in [0.2, 0.25) is 0 Å². The van der Waals surface area contributed by atoms with Crippen molar-refractivity contribution in [1.29, 1.82) is 0 Å². The van der Waals surface area contributed by atoms with Crippen LogP contribution in [-0.2, 0) is 9.47 Å². The van der Waals surface area contributed by atoms with E-state index >= 15 is 0 Å². The highest BCUT2D eigenvalue weighted by atomic mass is 16.7. The average molecular weight is 242 g/mol. The molecule has 0 radical (unpaired) electrons. The van der Waals surface area contributed by atoms with Crippen LogP contribution in [0, 0.1) is 11.8 Å². The first-order valence-electron chi connectivity index (χ1n) is 6.13. The molecule has 0 aliphatic heterocycles. The number of carbonyl (C=O) groups is 1. The van der Waals surface area contributed by atoms with E-state index in [4.69, 9.17) is 9.47 Å². The van der Waals surface area contributed by atoms with Gasteiger partial charge in [-0.3, -0.25) is 0 Å². The summed E-state index contributed by atoms with van der Waals surface area (Å²) in [7, 11) is 0. The van der Waals surface area contributed by atoms with E-state index in [1.165, 1.54) is 0 Å². The minimum atomic E-state index is -0.644. The van der Waals surface area contributed by atoms with Crippen molar-refractivity contribution in [1.82, 2.24) is 0 Å². The van der Waals surface area contributed by atoms with Crippen LogP contribution in [0.5, 0.6) is 0 Å². The summed E-state index contributed by atoms with van der Waals surface area (Å²) < 4.78 is 10.0. The van der Waals surface area contributed by atoms with Gasteiger partial charge < -0.3 is 14.6 Å². The zero-order chi connectivity index (χ0) is 13.0. The monoisotopic (exact) mass is 242 g/mol. The van der Waals surface area contributed by atoms with Crippen LogP contribution in [-0.4, -0.2) is 29.6 Å². The first-order chi connectivity index (χ1) is 7.90. The first-order valence-corrected chi connectivity index (χ1v) is 6.13. The Labute approximate surface area is 103 Å². The Bertz CT molecular complexity index is 283. The Morgan fingerprint density at radius 1 is 1.29 bits per heavy atom. The van der Waals surface area contributed by atoms with Crippen molar-refractivity contribution in [3.63, 3.8) is 0 Å². The van der Waals surface area contributed by atoms with Crippen LogP contribution < -0.4 is 0 Å². The van der Waals surface area contributed by atoms with Crippen LogP contribution in [0.2, 0.25) is 0 Å². The molecular formula is C13H22O4. The predicted molar refractivity (Wildman–Crippen MR) is 64.6 cm³/mol. The molecule has 0 unspecified atom stereocenters. The maximum Gasteiger partial charge on any atom is 0.509 e. The average Bonchev–Trinajstić information content (AvgIpc) is 2.63. The van der Waals surface area contributed by atoms with Gasteiger partial charge in [0.15, 0.2) is 0 Å². The summed E-state index contributed by atoms with van der Waals surface area (Å²) in [4.78, 5) is 11.3. The van der Waals surface area contributed by atoms with Gasteiger partial charge in [0.05, 0.1) is 12.2 Å². The molecule has 3 atom stereocenters. The molecule has 4 heteroatoms. The molecule has 4 nitrogen and oxygen atoms in total. The largest absolute Gasteiger partial charge is 0.509 e. The molecule has 0 saturated carbocycles. The van der Waals surface area contributed by atoms with Crippen LogP contribution >= 0.6 is 0 Å². The molecule has 0 heterocycles. The SMILES string of the molecule is CC(C)OC(=O)O[C@H]1C=C[C@H]([C@H](O)C(C)C)C1. The fraction of sp³-hybridized carbons (Fsp3) is 0.769. The quantitative estimate of drug-likeness (QED) is 0.608. The highest BCUT2D eigenvalue weighted by molar-refractivity contribution is 5.60. The molecular weight excluding hydrogens is 220 g/mol. The molecule has 0 saturated heterocycles. The second-order valence-corrected chi connectivity index (χ2v) is 5.09. The predicted octanol–water partition coefficient (Wildman–Crippen LogP) is 2.51. The van der Waals surface area contributed by atoms with Crippen molar-refractivity contribution in [3.8, 4) is 0 Å². The Hall–Kier alpha value is -1.03. The molecule has 0 fully saturated rings. The summed E-state index contributed by atoms with van der Waals surface area (Å²) in [6.45, 7) is 7.49. The van der Waals surface area contributed by atoms with Gasteiger partial charge in [-0.1, -0.05) is 19.9 Å². The van der Waals surface area contributed by atoms with Crippen LogP contribution in [0.4, 0.5) is 4.79 Å². The molecule has 0 aromatic heterocycles. The van der Waals surface area contributed by atoms with E-state index < -0.39 is 6.16 Å². The maximum atomic E-state index is 11.3. The van der Waals surface area contributed by atoms with E-state index in [-0.39, 0.29) is 30.1 Å². The minimum Gasteiger partial charge on any atom is -0.432 e. The van der Waals surface area contributed by atoms with Gasteiger partial charge in [0, 0.05) is 5.92 Å². The number of aliphatic hydroxyl groups excluding tert-OH is 1. The van der Waals surface area contributed by atoms with E-state index in [0.29, 0.717) is 6.42 Å². The molecule has 98 valence electrons. The second kappa shape index (κ2) is 6.05. The third kappa shape index (κ3) is 4.38. The Morgan fingerprint density at radius 2 is 1.94 bits per heavy atom. The number of ether oxygens (including phenoxy) is 2. The maximum absolute atomic E-state index is 11.3. The Balaban J connectivity index is 2.37. The number of rotatable bonds is 4. The van der Waals surface area contributed by atoms with Crippen molar-refractivity contribution in [2.45, 2.75) is 52.4 Å². The van der Waals surface area contributed by atoms with Crippen LogP contribution in [0.3, 0.4) is 0 Å². The summed E-state index contributed by atoms with van der Waals surface area (Å²) in [5.41, 5.74) is 0. The summed E-state index contributed by atoms with van der Waals surface area (Å²) in [6, 6.07) is 0. The zero-order valence-corrected chi connectivity index (χ0v) is 10.9. The van der Waals surface area contributed by atoms with E-state index in [1.807, 2.05) is 26.0 Å². The number of hydrogen-bond acceptors (Lipinski definition) is 4. The molecule has 0 aromatic rings.